The quantitative estimate of drug-likeness (QED) is 0.858. The second-order valence-electron chi connectivity index (χ2n) is 7.62. The third kappa shape index (κ3) is 3.06. The van der Waals surface area contributed by atoms with Gasteiger partial charge in [0.05, 0.1) is 0 Å². The largest absolute Gasteiger partial charge is 0.364 e. The summed E-state index contributed by atoms with van der Waals surface area (Å²) in [6.07, 6.45) is 6.25. The summed E-state index contributed by atoms with van der Waals surface area (Å²) >= 11 is 0. The monoisotopic (exact) mass is 357 g/mol. The molecule has 1 N–H and O–H groups in total. The third-order valence-corrected chi connectivity index (χ3v) is 5.48. The van der Waals surface area contributed by atoms with Gasteiger partial charge in [-0.2, -0.15) is 0 Å². The molecule has 1 aliphatic carbocycles. The Kier molecular flexibility index (Phi) is 3.86. The van der Waals surface area contributed by atoms with Crippen molar-refractivity contribution in [2.24, 2.45) is 5.92 Å². The molecule has 2 aromatic heterocycles. The molecule has 0 spiro atoms. The van der Waals surface area contributed by atoms with Crippen LogP contribution in [0.2, 0.25) is 0 Å². The van der Waals surface area contributed by atoms with Crippen LogP contribution in [0.25, 0.3) is 11.3 Å². The summed E-state index contributed by atoms with van der Waals surface area (Å²) in [6.45, 7) is 3.58. The Labute approximate surface area is 151 Å². The number of amides is 1. The van der Waals surface area contributed by atoms with Gasteiger partial charge in [0.15, 0.2) is 11.6 Å². The van der Waals surface area contributed by atoms with Crippen LogP contribution in [0, 0.1) is 5.92 Å². The van der Waals surface area contributed by atoms with Gasteiger partial charge in [-0.15, -0.1) is 0 Å². The van der Waals surface area contributed by atoms with Gasteiger partial charge in [0.25, 0.3) is 0 Å². The minimum Gasteiger partial charge on any atom is -0.364 e. The molecular formula is C17H23N7O2. The maximum Gasteiger partial charge on any atom is 0.245 e. The lowest BCUT2D eigenvalue weighted by molar-refractivity contribution is -0.128. The first-order chi connectivity index (χ1) is 12.8. The van der Waals surface area contributed by atoms with Crippen LogP contribution in [0.1, 0.15) is 38.5 Å². The van der Waals surface area contributed by atoms with Crippen LogP contribution in [0.4, 0.5) is 11.6 Å². The molecule has 26 heavy (non-hydrogen) atoms. The van der Waals surface area contributed by atoms with Crippen molar-refractivity contribution < 1.29 is 9.42 Å². The molecule has 3 fully saturated rings. The Morgan fingerprint density at radius 3 is 2.69 bits per heavy atom. The molecule has 2 aliphatic heterocycles. The molecule has 1 unspecified atom stereocenters. The fourth-order valence-electron chi connectivity index (χ4n) is 3.98. The smallest absolute Gasteiger partial charge is 0.245 e. The molecular weight excluding hydrogens is 334 g/mol. The Balaban J connectivity index is 1.38. The number of aromatic nitrogens is 4. The minimum atomic E-state index is 0.299. The van der Waals surface area contributed by atoms with Crippen LogP contribution in [-0.4, -0.2) is 63.3 Å². The molecule has 1 atom stereocenters. The lowest BCUT2D eigenvalue weighted by atomic mass is 9.97. The van der Waals surface area contributed by atoms with Crippen LogP contribution >= 0.6 is 0 Å². The second-order valence-corrected chi connectivity index (χ2v) is 7.62. The van der Waals surface area contributed by atoms with Crippen molar-refractivity contribution in [1.82, 2.24) is 25.2 Å². The predicted molar refractivity (Wildman–Crippen MR) is 94.8 cm³/mol. The average molecular weight is 357 g/mol. The van der Waals surface area contributed by atoms with Gasteiger partial charge in [-0.1, -0.05) is 0 Å². The standard InChI is InChI=1S/C17H23N7O2/c25-13-4-2-7-23(13)9-11-3-1-8-24(10-11)17-16(18-12-5-6-12)19-14-15(20-17)22-26-21-14/h11-12H,1-10H2,(H,18,19,21). The Morgan fingerprint density at radius 2 is 1.92 bits per heavy atom. The van der Waals surface area contributed by atoms with Crippen LogP contribution in [0.3, 0.4) is 0 Å². The predicted octanol–water partition coefficient (Wildman–Crippen LogP) is 1.43. The van der Waals surface area contributed by atoms with Crippen molar-refractivity contribution >= 4 is 28.8 Å². The van der Waals surface area contributed by atoms with Gasteiger partial charge in [-0.05, 0) is 48.3 Å². The first kappa shape index (κ1) is 15.8. The topological polar surface area (TPSA) is 100 Å². The lowest BCUT2D eigenvalue weighted by Crippen LogP contribution is -2.42. The van der Waals surface area contributed by atoms with Gasteiger partial charge in [0, 0.05) is 38.6 Å². The minimum absolute atomic E-state index is 0.299. The molecule has 2 aromatic rings. The SMILES string of the molecule is O=C1CCCN1CC1CCCN(c2nc3nonc3nc2NC2CC2)C1. The summed E-state index contributed by atoms with van der Waals surface area (Å²) in [5.41, 5.74) is 0.881. The van der Waals surface area contributed by atoms with Crippen molar-refractivity contribution in [1.29, 1.82) is 0 Å². The van der Waals surface area contributed by atoms with E-state index in [4.69, 9.17) is 4.63 Å². The number of anilines is 2. The summed E-state index contributed by atoms with van der Waals surface area (Å²) in [5.74, 6) is 2.37. The maximum absolute atomic E-state index is 12.0. The zero-order chi connectivity index (χ0) is 17.5. The number of hydrogen-bond donors (Lipinski definition) is 1. The molecule has 138 valence electrons. The van der Waals surface area contributed by atoms with Crippen LogP contribution in [0.15, 0.2) is 4.63 Å². The van der Waals surface area contributed by atoms with Crippen LogP contribution in [-0.2, 0) is 4.79 Å². The average Bonchev–Trinajstić information content (AvgIpc) is 3.19. The van der Waals surface area contributed by atoms with Gasteiger partial charge < -0.3 is 15.1 Å². The second kappa shape index (κ2) is 6.37. The number of likely N-dealkylation sites (tertiary alicyclic amines) is 1. The Hall–Kier alpha value is -2.45. The van der Waals surface area contributed by atoms with Crippen molar-refractivity contribution in [2.45, 2.75) is 44.6 Å². The number of carbonyl (C=O) groups is 1. The lowest BCUT2D eigenvalue weighted by Gasteiger charge is -2.35. The molecule has 1 amide bonds. The van der Waals surface area contributed by atoms with E-state index in [1.165, 1.54) is 0 Å². The normalized spacial score (nSPS) is 23.8. The fraction of sp³-hybridized carbons (Fsp3) is 0.706. The van der Waals surface area contributed by atoms with Crippen LogP contribution < -0.4 is 10.2 Å². The molecule has 9 nitrogen and oxygen atoms in total. The highest BCUT2D eigenvalue weighted by atomic mass is 16.6. The summed E-state index contributed by atoms with van der Waals surface area (Å²) in [6, 6.07) is 0.475. The molecule has 1 saturated carbocycles. The maximum atomic E-state index is 12.0. The molecule has 2 saturated heterocycles. The first-order valence-electron chi connectivity index (χ1n) is 9.56. The third-order valence-electron chi connectivity index (χ3n) is 5.48. The first-order valence-corrected chi connectivity index (χ1v) is 9.56. The highest BCUT2D eigenvalue weighted by Crippen LogP contribution is 2.32. The van der Waals surface area contributed by atoms with Gasteiger partial charge in [-0.3, -0.25) is 4.79 Å². The van der Waals surface area contributed by atoms with E-state index < -0.39 is 0 Å². The van der Waals surface area contributed by atoms with E-state index >= 15 is 0 Å². The number of carbonyl (C=O) groups excluding carboxylic acids is 1. The molecule has 4 heterocycles. The Bertz CT molecular complexity index is 819. The summed E-state index contributed by atoms with van der Waals surface area (Å²) < 4.78 is 4.79. The zero-order valence-electron chi connectivity index (χ0n) is 14.7. The van der Waals surface area contributed by atoms with E-state index in [9.17, 15) is 4.79 Å². The van der Waals surface area contributed by atoms with Crippen molar-refractivity contribution in [3.63, 3.8) is 0 Å². The number of hydrogen-bond acceptors (Lipinski definition) is 8. The van der Waals surface area contributed by atoms with E-state index in [0.717, 1.165) is 69.9 Å². The van der Waals surface area contributed by atoms with Crippen molar-refractivity contribution in [3.8, 4) is 0 Å². The number of fused-ring (bicyclic) bond motifs is 1. The molecule has 5 rings (SSSR count). The van der Waals surface area contributed by atoms with Gasteiger partial charge >= 0.3 is 0 Å². The van der Waals surface area contributed by atoms with E-state index in [1.807, 2.05) is 4.90 Å². The fourth-order valence-corrected chi connectivity index (χ4v) is 3.98. The van der Waals surface area contributed by atoms with E-state index in [0.29, 0.717) is 35.6 Å². The van der Waals surface area contributed by atoms with Crippen LogP contribution in [0.5, 0.6) is 0 Å². The van der Waals surface area contributed by atoms with Crippen molar-refractivity contribution in [2.75, 3.05) is 36.4 Å². The number of nitrogens with one attached hydrogen (secondary N) is 1. The number of nitrogens with zero attached hydrogens (tertiary/aromatic N) is 6. The van der Waals surface area contributed by atoms with Gasteiger partial charge in [0.2, 0.25) is 17.2 Å². The zero-order valence-corrected chi connectivity index (χ0v) is 14.7. The summed E-state index contributed by atoms with van der Waals surface area (Å²) in [4.78, 5) is 25.5. The van der Waals surface area contributed by atoms with E-state index in [-0.39, 0.29) is 0 Å². The molecule has 0 bridgehead atoms. The van der Waals surface area contributed by atoms with E-state index in [2.05, 4.69) is 30.5 Å². The molecule has 9 heteroatoms. The van der Waals surface area contributed by atoms with Gasteiger partial charge in [-0.25, -0.2) is 14.6 Å². The Morgan fingerprint density at radius 1 is 1.08 bits per heavy atom. The highest BCUT2D eigenvalue weighted by Gasteiger charge is 2.30. The summed E-state index contributed by atoms with van der Waals surface area (Å²) in [7, 11) is 0. The van der Waals surface area contributed by atoms with E-state index in [1.54, 1.807) is 0 Å². The number of piperidine rings is 1. The molecule has 0 aromatic carbocycles. The highest BCUT2D eigenvalue weighted by molar-refractivity contribution is 5.78. The molecule has 3 aliphatic rings. The van der Waals surface area contributed by atoms with Crippen molar-refractivity contribution in [3.05, 3.63) is 0 Å². The van der Waals surface area contributed by atoms with Gasteiger partial charge in [0.1, 0.15) is 0 Å². The molecule has 0 radical (unpaired) electrons. The number of rotatable bonds is 5. The summed E-state index contributed by atoms with van der Waals surface area (Å²) in [5, 5.41) is 11.1.